The molecule has 0 aromatic carbocycles. The molecule has 166 valence electrons. The molecule has 4 aliphatic carbocycles. The highest BCUT2D eigenvalue weighted by molar-refractivity contribution is 5.66. The van der Waals surface area contributed by atoms with Crippen molar-refractivity contribution >= 4 is 5.97 Å². The number of carboxylic acid groups (broad SMARTS) is 1. The van der Waals surface area contributed by atoms with Gasteiger partial charge in [-0.2, -0.15) is 0 Å². The number of aliphatic hydroxyl groups excluding tert-OH is 1. The second-order valence-corrected chi connectivity index (χ2v) is 12.1. The third-order valence-corrected chi connectivity index (χ3v) is 11.0. The van der Waals surface area contributed by atoms with Gasteiger partial charge in [0.05, 0.1) is 6.10 Å². The number of hydrogen-bond acceptors (Lipinski definition) is 2. The van der Waals surface area contributed by atoms with Crippen LogP contribution in [0.1, 0.15) is 98.3 Å². The fourth-order valence-corrected chi connectivity index (χ4v) is 9.26. The van der Waals surface area contributed by atoms with Crippen LogP contribution in [-0.4, -0.2) is 22.3 Å². The molecule has 2 N–H and O–H groups in total. The van der Waals surface area contributed by atoms with Gasteiger partial charge >= 0.3 is 5.97 Å². The number of carbonyl (C=O) groups is 1. The van der Waals surface area contributed by atoms with E-state index in [9.17, 15) is 9.90 Å². The van der Waals surface area contributed by atoms with Crippen molar-refractivity contribution in [3.8, 4) is 0 Å². The van der Waals surface area contributed by atoms with E-state index in [0.717, 1.165) is 30.1 Å². The maximum absolute atomic E-state index is 11.1. The Bertz CT molecular complexity index is 615. The molecule has 0 heterocycles. The van der Waals surface area contributed by atoms with Crippen molar-refractivity contribution in [2.75, 3.05) is 0 Å². The minimum atomic E-state index is -0.640. The first-order valence-electron chi connectivity index (χ1n) is 12.6. The fourth-order valence-electron chi connectivity index (χ4n) is 9.26. The molecule has 4 aliphatic rings. The largest absolute Gasteiger partial charge is 0.481 e. The monoisotopic (exact) mass is 404 g/mol. The van der Waals surface area contributed by atoms with Crippen molar-refractivity contribution in [3.05, 3.63) is 0 Å². The predicted octanol–water partition coefficient (Wildman–Crippen LogP) is 6.14. The van der Waals surface area contributed by atoms with Crippen molar-refractivity contribution in [3.63, 3.8) is 0 Å². The normalized spacial score (nSPS) is 48.9. The maximum atomic E-state index is 11.1. The van der Waals surface area contributed by atoms with Crippen LogP contribution in [0.15, 0.2) is 0 Å². The summed E-state index contributed by atoms with van der Waals surface area (Å²) in [6.45, 7) is 9.50. The van der Waals surface area contributed by atoms with Crippen molar-refractivity contribution < 1.29 is 15.0 Å². The van der Waals surface area contributed by atoms with Crippen molar-refractivity contribution in [1.29, 1.82) is 0 Å². The lowest BCUT2D eigenvalue weighted by Crippen LogP contribution is -2.54. The van der Waals surface area contributed by atoms with Crippen molar-refractivity contribution in [2.24, 2.45) is 52.3 Å². The minimum Gasteiger partial charge on any atom is -0.481 e. The summed E-state index contributed by atoms with van der Waals surface area (Å²) in [6.07, 6.45) is 13.0. The van der Waals surface area contributed by atoms with E-state index < -0.39 is 5.97 Å². The van der Waals surface area contributed by atoms with E-state index in [2.05, 4.69) is 20.8 Å². The van der Waals surface area contributed by atoms with Gasteiger partial charge in [-0.3, -0.25) is 4.79 Å². The van der Waals surface area contributed by atoms with Crippen LogP contribution in [0.3, 0.4) is 0 Å². The molecule has 0 amide bonds. The van der Waals surface area contributed by atoms with Crippen LogP contribution in [0.5, 0.6) is 0 Å². The third kappa shape index (κ3) is 3.58. The summed E-state index contributed by atoms with van der Waals surface area (Å²) in [7, 11) is 0. The first-order valence-corrected chi connectivity index (χ1v) is 12.6. The zero-order valence-corrected chi connectivity index (χ0v) is 19.2. The topological polar surface area (TPSA) is 57.5 Å². The standard InChI is InChI=1S/C26H44O3/c1-16(5-10-24(28)29)21-8-9-22-20-7-6-19-15-18(17(2)27)11-13-25(19,3)23(20)12-14-26(21,22)4/h16-23,27H,5-15H2,1-4H3,(H,28,29)/t16?,17?,18-,19-,20?,21-,22?,23?,25+,26-/m1/s1. The van der Waals surface area contributed by atoms with Gasteiger partial charge in [0.2, 0.25) is 0 Å². The Labute approximate surface area is 178 Å². The Kier molecular flexibility index (Phi) is 5.86. The van der Waals surface area contributed by atoms with E-state index in [4.69, 9.17) is 5.11 Å². The third-order valence-electron chi connectivity index (χ3n) is 11.0. The van der Waals surface area contributed by atoms with Gasteiger partial charge < -0.3 is 10.2 Å². The Morgan fingerprint density at radius 3 is 2.34 bits per heavy atom. The van der Waals surface area contributed by atoms with E-state index >= 15 is 0 Å². The molecule has 4 rings (SSSR count). The lowest BCUT2D eigenvalue weighted by atomic mass is 9.44. The van der Waals surface area contributed by atoms with Crippen LogP contribution in [-0.2, 0) is 4.79 Å². The molecule has 0 aliphatic heterocycles. The van der Waals surface area contributed by atoms with Crippen LogP contribution < -0.4 is 0 Å². The summed E-state index contributed by atoms with van der Waals surface area (Å²) in [5.74, 6) is 4.55. The molecule has 29 heavy (non-hydrogen) atoms. The second kappa shape index (κ2) is 7.84. The zero-order valence-electron chi connectivity index (χ0n) is 19.2. The number of rotatable bonds is 5. The zero-order chi connectivity index (χ0) is 21.0. The van der Waals surface area contributed by atoms with Crippen molar-refractivity contribution in [2.45, 2.75) is 104 Å². The van der Waals surface area contributed by atoms with Gasteiger partial charge in [-0.05, 0) is 123 Å². The van der Waals surface area contributed by atoms with Crippen LogP contribution in [0.4, 0.5) is 0 Å². The molecule has 0 saturated heterocycles. The first-order chi connectivity index (χ1) is 13.7. The van der Waals surface area contributed by atoms with Crippen LogP contribution >= 0.6 is 0 Å². The molecule has 4 saturated carbocycles. The second-order valence-electron chi connectivity index (χ2n) is 12.1. The number of carboxylic acids is 1. The summed E-state index contributed by atoms with van der Waals surface area (Å²) in [5, 5.41) is 19.3. The van der Waals surface area contributed by atoms with Crippen LogP contribution in [0.25, 0.3) is 0 Å². The Morgan fingerprint density at radius 2 is 1.66 bits per heavy atom. The molecule has 5 unspecified atom stereocenters. The molecule has 0 aromatic rings. The molecule has 0 bridgehead atoms. The van der Waals surface area contributed by atoms with Crippen LogP contribution in [0, 0.1) is 52.3 Å². The van der Waals surface area contributed by atoms with E-state index in [0.29, 0.717) is 35.0 Å². The molecule has 0 radical (unpaired) electrons. The molecular formula is C26H44O3. The van der Waals surface area contributed by atoms with E-state index in [1.165, 1.54) is 57.8 Å². The Morgan fingerprint density at radius 1 is 0.966 bits per heavy atom. The number of fused-ring (bicyclic) bond motifs is 5. The minimum absolute atomic E-state index is 0.144. The predicted molar refractivity (Wildman–Crippen MR) is 116 cm³/mol. The summed E-state index contributed by atoms with van der Waals surface area (Å²) in [4.78, 5) is 11.1. The van der Waals surface area contributed by atoms with Gasteiger partial charge in [-0.1, -0.05) is 20.8 Å². The van der Waals surface area contributed by atoms with Gasteiger partial charge in [-0.25, -0.2) is 0 Å². The smallest absolute Gasteiger partial charge is 0.303 e. The quantitative estimate of drug-likeness (QED) is 0.578. The van der Waals surface area contributed by atoms with Gasteiger partial charge in [-0.15, -0.1) is 0 Å². The maximum Gasteiger partial charge on any atom is 0.303 e. The van der Waals surface area contributed by atoms with E-state index in [-0.39, 0.29) is 6.10 Å². The lowest BCUT2D eigenvalue weighted by Gasteiger charge is -2.61. The number of aliphatic carboxylic acids is 1. The average molecular weight is 405 g/mol. The van der Waals surface area contributed by atoms with Gasteiger partial charge in [0.15, 0.2) is 0 Å². The molecule has 10 atom stereocenters. The highest BCUT2D eigenvalue weighted by Crippen LogP contribution is 2.68. The van der Waals surface area contributed by atoms with Gasteiger partial charge in [0, 0.05) is 6.42 Å². The molecule has 0 aromatic heterocycles. The number of aliphatic hydroxyl groups is 1. The Hall–Kier alpha value is -0.570. The summed E-state index contributed by atoms with van der Waals surface area (Å²) in [6, 6.07) is 0. The van der Waals surface area contributed by atoms with Gasteiger partial charge in [0.1, 0.15) is 0 Å². The summed E-state index contributed by atoms with van der Waals surface area (Å²) >= 11 is 0. The van der Waals surface area contributed by atoms with Crippen LogP contribution in [0.2, 0.25) is 0 Å². The van der Waals surface area contributed by atoms with E-state index in [1.807, 2.05) is 6.92 Å². The molecule has 0 spiro atoms. The molecule has 3 nitrogen and oxygen atoms in total. The lowest BCUT2D eigenvalue weighted by molar-refractivity contribution is -0.138. The molecule has 4 fully saturated rings. The molecular weight excluding hydrogens is 360 g/mol. The Balaban J connectivity index is 1.49. The van der Waals surface area contributed by atoms with Gasteiger partial charge in [0.25, 0.3) is 0 Å². The van der Waals surface area contributed by atoms with Crippen molar-refractivity contribution in [1.82, 2.24) is 0 Å². The SMILES string of the molecule is CC(O)[C@@H]1CC[C@]2(C)C3CC[C@@]4(C)C(CC[C@@H]4C(C)CCC(=O)O)C3CC[C@@H]2C1. The molecule has 3 heteroatoms. The fraction of sp³-hybridized carbons (Fsp3) is 0.962. The highest BCUT2D eigenvalue weighted by atomic mass is 16.4. The average Bonchev–Trinajstić information content (AvgIpc) is 3.02. The first kappa shape index (κ1) is 21.7. The van der Waals surface area contributed by atoms with E-state index in [1.54, 1.807) is 0 Å². The summed E-state index contributed by atoms with van der Waals surface area (Å²) in [5.41, 5.74) is 0.918. The number of hydrogen-bond donors (Lipinski definition) is 2. The highest BCUT2D eigenvalue weighted by Gasteiger charge is 2.60. The summed E-state index contributed by atoms with van der Waals surface area (Å²) < 4.78 is 0.